The van der Waals surface area contributed by atoms with E-state index >= 15 is 0 Å². The number of aromatic nitrogens is 2. The molecular weight excluding hydrogens is 172 g/mol. The van der Waals surface area contributed by atoms with Crippen LogP contribution in [0.4, 0.5) is 0 Å². The van der Waals surface area contributed by atoms with Gasteiger partial charge in [-0.15, -0.1) is 11.6 Å². The van der Waals surface area contributed by atoms with Crippen molar-refractivity contribution in [1.82, 2.24) is 9.97 Å². The molecule has 2 nitrogen and oxygen atoms in total. The van der Waals surface area contributed by atoms with Gasteiger partial charge in [0.25, 0.3) is 0 Å². The van der Waals surface area contributed by atoms with Gasteiger partial charge in [-0.2, -0.15) is 0 Å². The predicted molar refractivity (Wildman–Crippen MR) is 50.4 cm³/mol. The molecule has 1 atom stereocenters. The van der Waals surface area contributed by atoms with Crippen molar-refractivity contribution in [2.24, 2.45) is 0 Å². The summed E-state index contributed by atoms with van der Waals surface area (Å²) in [5.41, 5.74) is 2.01. The quantitative estimate of drug-likeness (QED) is 0.672. The van der Waals surface area contributed by atoms with Gasteiger partial charge in [0.2, 0.25) is 0 Å². The summed E-state index contributed by atoms with van der Waals surface area (Å²) in [5.74, 6) is 0.831. The molecule has 0 bridgehead atoms. The second-order valence-electron chi connectivity index (χ2n) is 2.76. The van der Waals surface area contributed by atoms with E-state index in [2.05, 4.69) is 9.97 Å². The second kappa shape index (κ2) is 2.79. The zero-order valence-electron chi connectivity index (χ0n) is 6.71. The van der Waals surface area contributed by atoms with Crippen LogP contribution in [0.1, 0.15) is 18.1 Å². The van der Waals surface area contributed by atoms with Crippen LogP contribution in [0, 0.1) is 0 Å². The fourth-order valence-corrected chi connectivity index (χ4v) is 1.26. The summed E-state index contributed by atoms with van der Waals surface area (Å²) in [7, 11) is 0. The Bertz CT molecular complexity index is 359. The van der Waals surface area contributed by atoms with Crippen molar-refractivity contribution in [3.63, 3.8) is 0 Å². The first kappa shape index (κ1) is 7.62. The van der Waals surface area contributed by atoms with Crippen LogP contribution < -0.4 is 0 Å². The molecule has 0 aliphatic heterocycles. The molecule has 0 aliphatic rings. The molecule has 0 fully saturated rings. The minimum atomic E-state index is -0.0580. The Labute approximate surface area is 75.6 Å². The molecule has 0 saturated carbocycles. The van der Waals surface area contributed by atoms with Gasteiger partial charge in [0.1, 0.15) is 5.82 Å². The van der Waals surface area contributed by atoms with E-state index in [-0.39, 0.29) is 5.38 Å². The van der Waals surface area contributed by atoms with Crippen molar-refractivity contribution in [3.8, 4) is 0 Å². The van der Waals surface area contributed by atoms with Crippen LogP contribution in [-0.4, -0.2) is 9.97 Å². The van der Waals surface area contributed by atoms with E-state index in [1.807, 2.05) is 31.2 Å². The zero-order chi connectivity index (χ0) is 8.55. The van der Waals surface area contributed by atoms with Gasteiger partial charge in [-0.1, -0.05) is 12.1 Å². The fraction of sp³-hybridized carbons (Fsp3) is 0.222. The van der Waals surface area contributed by atoms with E-state index in [4.69, 9.17) is 11.6 Å². The molecule has 0 saturated heterocycles. The zero-order valence-corrected chi connectivity index (χ0v) is 7.47. The van der Waals surface area contributed by atoms with Crippen LogP contribution in [0.5, 0.6) is 0 Å². The van der Waals surface area contributed by atoms with Crippen molar-refractivity contribution in [2.75, 3.05) is 0 Å². The topological polar surface area (TPSA) is 28.7 Å². The smallest absolute Gasteiger partial charge is 0.125 e. The molecule has 3 heteroatoms. The number of rotatable bonds is 1. The van der Waals surface area contributed by atoms with Gasteiger partial charge in [-0.05, 0) is 19.1 Å². The van der Waals surface area contributed by atoms with Crippen LogP contribution in [0.2, 0.25) is 0 Å². The SMILES string of the molecule is C[C@H](Cl)c1nc2ccccc2[nH]1. The number of fused-ring (bicyclic) bond motifs is 1. The van der Waals surface area contributed by atoms with Crippen molar-refractivity contribution in [3.05, 3.63) is 30.1 Å². The van der Waals surface area contributed by atoms with E-state index in [1.54, 1.807) is 0 Å². The van der Waals surface area contributed by atoms with Crippen LogP contribution in [0.15, 0.2) is 24.3 Å². The van der Waals surface area contributed by atoms with Crippen LogP contribution >= 0.6 is 11.6 Å². The van der Waals surface area contributed by atoms with E-state index in [9.17, 15) is 0 Å². The minimum absolute atomic E-state index is 0.0580. The standard InChI is InChI=1S/C9H9ClN2/c1-6(10)9-11-7-4-2-3-5-8(7)12-9/h2-6H,1H3,(H,11,12)/t6-/m0/s1. The fourth-order valence-electron chi connectivity index (χ4n) is 1.16. The van der Waals surface area contributed by atoms with Gasteiger partial charge in [-0.25, -0.2) is 4.98 Å². The highest BCUT2D eigenvalue weighted by Gasteiger charge is 2.05. The average molecular weight is 181 g/mol. The molecule has 0 aliphatic carbocycles. The highest BCUT2D eigenvalue weighted by molar-refractivity contribution is 6.20. The molecule has 2 aromatic rings. The van der Waals surface area contributed by atoms with E-state index in [0.29, 0.717) is 0 Å². The lowest BCUT2D eigenvalue weighted by Gasteiger charge is -1.93. The number of imidazole rings is 1. The summed E-state index contributed by atoms with van der Waals surface area (Å²) >= 11 is 5.88. The third-order valence-corrected chi connectivity index (χ3v) is 1.99. The Morgan fingerprint density at radius 3 is 2.83 bits per heavy atom. The number of hydrogen-bond donors (Lipinski definition) is 1. The maximum atomic E-state index is 5.88. The summed E-state index contributed by atoms with van der Waals surface area (Å²) in [6, 6.07) is 7.90. The Morgan fingerprint density at radius 1 is 1.42 bits per heavy atom. The molecule has 0 unspecified atom stereocenters. The van der Waals surface area contributed by atoms with Crippen molar-refractivity contribution in [2.45, 2.75) is 12.3 Å². The predicted octanol–water partition coefficient (Wildman–Crippen LogP) is 2.86. The normalized spacial score (nSPS) is 13.5. The minimum Gasteiger partial charge on any atom is -0.341 e. The lowest BCUT2D eigenvalue weighted by Crippen LogP contribution is -1.85. The Balaban J connectivity index is 2.62. The number of halogens is 1. The number of nitrogens with one attached hydrogen (secondary N) is 1. The highest BCUT2D eigenvalue weighted by atomic mass is 35.5. The maximum absolute atomic E-state index is 5.88. The van der Waals surface area contributed by atoms with Crippen LogP contribution in [-0.2, 0) is 0 Å². The summed E-state index contributed by atoms with van der Waals surface area (Å²) in [6.07, 6.45) is 0. The number of H-pyrrole nitrogens is 1. The lowest BCUT2D eigenvalue weighted by molar-refractivity contribution is 0.962. The average Bonchev–Trinajstić information content (AvgIpc) is 2.46. The summed E-state index contributed by atoms with van der Waals surface area (Å²) in [6.45, 7) is 1.90. The van der Waals surface area contributed by atoms with Gasteiger partial charge in [-0.3, -0.25) is 0 Å². The third-order valence-electron chi connectivity index (χ3n) is 1.78. The van der Waals surface area contributed by atoms with Gasteiger partial charge in [0, 0.05) is 0 Å². The number of hydrogen-bond acceptors (Lipinski definition) is 1. The van der Waals surface area contributed by atoms with Gasteiger partial charge < -0.3 is 4.98 Å². The van der Waals surface area contributed by atoms with Crippen LogP contribution in [0.25, 0.3) is 11.0 Å². The van der Waals surface area contributed by atoms with Gasteiger partial charge >= 0.3 is 0 Å². The number of benzene rings is 1. The first-order valence-electron chi connectivity index (χ1n) is 3.86. The molecule has 0 amide bonds. The highest BCUT2D eigenvalue weighted by Crippen LogP contribution is 2.19. The molecule has 1 heterocycles. The molecule has 12 heavy (non-hydrogen) atoms. The second-order valence-corrected chi connectivity index (χ2v) is 3.41. The summed E-state index contributed by atoms with van der Waals surface area (Å²) in [4.78, 5) is 7.48. The molecule has 2 rings (SSSR count). The number of alkyl halides is 1. The molecule has 1 aromatic carbocycles. The maximum Gasteiger partial charge on any atom is 0.125 e. The first-order valence-corrected chi connectivity index (χ1v) is 4.30. The largest absolute Gasteiger partial charge is 0.341 e. The lowest BCUT2D eigenvalue weighted by atomic mass is 10.3. The van der Waals surface area contributed by atoms with Gasteiger partial charge in [0.05, 0.1) is 16.4 Å². The van der Waals surface area contributed by atoms with Gasteiger partial charge in [0.15, 0.2) is 0 Å². The van der Waals surface area contributed by atoms with E-state index in [1.165, 1.54) is 0 Å². The van der Waals surface area contributed by atoms with Crippen molar-refractivity contribution >= 4 is 22.6 Å². The van der Waals surface area contributed by atoms with E-state index < -0.39 is 0 Å². The van der Waals surface area contributed by atoms with Crippen molar-refractivity contribution in [1.29, 1.82) is 0 Å². The first-order chi connectivity index (χ1) is 5.77. The molecular formula is C9H9ClN2. The van der Waals surface area contributed by atoms with Crippen LogP contribution in [0.3, 0.4) is 0 Å². The Kier molecular flexibility index (Phi) is 1.77. The van der Waals surface area contributed by atoms with E-state index in [0.717, 1.165) is 16.9 Å². The molecule has 0 radical (unpaired) electrons. The monoisotopic (exact) mass is 180 g/mol. The molecule has 0 spiro atoms. The summed E-state index contributed by atoms with van der Waals surface area (Å²) in [5, 5.41) is -0.0580. The third kappa shape index (κ3) is 1.18. The number of nitrogens with zero attached hydrogens (tertiary/aromatic N) is 1. The van der Waals surface area contributed by atoms with Crippen molar-refractivity contribution < 1.29 is 0 Å². The molecule has 1 aromatic heterocycles. The molecule has 1 N–H and O–H groups in total. The molecule has 62 valence electrons. The Morgan fingerprint density at radius 2 is 2.17 bits per heavy atom. The number of aromatic amines is 1. The number of para-hydroxylation sites is 2. The summed E-state index contributed by atoms with van der Waals surface area (Å²) < 4.78 is 0. The Hall–Kier alpha value is -1.02.